The van der Waals surface area contributed by atoms with Crippen LogP contribution in [0.4, 0.5) is 0 Å². The number of rotatable bonds is 3. The molecule has 1 N–H and O–H groups in total. The first-order valence-corrected chi connectivity index (χ1v) is 8.26. The van der Waals surface area contributed by atoms with Gasteiger partial charge < -0.3 is 5.32 Å². The third kappa shape index (κ3) is 4.40. The van der Waals surface area contributed by atoms with Crippen LogP contribution >= 0.6 is 48.0 Å². The number of hydrogen-bond acceptors (Lipinski definition) is 3. The standard InChI is InChI=1S/C15H21Cl2N3.2ClH/c16-12-9-19-10-13(17)14(12)15(11-3-1-2-4-11)20-7-5-18-6-8-20;;/h9-11,15,18H,1-8H2;2*1H/t15-;;/m0../s1. The summed E-state index contributed by atoms with van der Waals surface area (Å²) in [7, 11) is 0. The van der Waals surface area contributed by atoms with Crippen molar-refractivity contribution in [2.45, 2.75) is 31.7 Å². The highest BCUT2D eigenvalue weighted by atomic mass is 35.5. The van der Waals surface area contributed by atoms with E-state index in [2.05, 4.69) is 15.2 Å². The van der Waals surface area contributed by atoms with Crippen molar-refractivity contribution in [2.24, 2.45) is 5.92 Å². The molecule has 1 aliphatic carbocycles. The van der Waals surface area contributed by atoms with Gasteiger partial charge in [-0.1, -0.05) is 36.0 Å². The van der Waals surface area contributed by atoms with Crippen molar-refractivity contribution in [3.8, 4) is 0 Å². The fourth-order valence-electron chi connectivity index (χ4n) is 3.65. The lowest BCUT2D eigenvalue weighted by atomic mass is 9.90. The Bertz CT molecular complexity index is 440. The Morgan fingerprint density at radius 1 is 1.05 bits per heavy atom. The fraction of sp³-hybridized carbons (Fsp3) is 0.667. The van der Waals surface area contributed by atoms with E-state index < -0.39 is 0 Å². The van der Waals surface area contributed by atoms with E-state index in [1.165, 1.54) is 25.7 Å². The summed E-state index contributed by atoms with van der Waals surface area (Å²) in [6, 6.07) is 0.350. The number of nitrogens with one attached hydrogen (secondary N) is 1. The molecule has 0 bridgehead atoms. The number of aromatic nitrogens is 1. The SMILES string of the molecule is Cl.Cl.Clc1cncc(Cl)c1[C@H](C1CCCC1)N1CCNCC1. The van der Waals surface area contributed by atoms with Gasteiger partial charge in [0.15, 0.2) is 0 Å². The fourth-order valence-corrected chi connectivity index (χ4v) is 4.24. The van der Waals surface area contributed by atoms with Crippen LogP contribution in [0.15, 0.2) is 12.4 Å². The molecule has 0 amide bonds. The molecule has 0 unspecified atom stereocenters. The molecule has 3 rings (SSSR count). The highest BCUT2D eigenvalue weighted by Gasteiger charge is 2.34. The predicted octanol–water partition coefficient (Wildman–Crippen LogP) is 4.37. The second-order valence-corrected chi connectivity index (χ2v) is 6.61. The summed E-state index contributed by atoms with van der Waals surface area (Å²) in [4.78, 5) is 6.66. The molecular weight excluding hydrogens is 364 g/mol. The van der Waals surface area contributed by atoms with Crippen LogP contribution in [0, 0.1) is 5.92 Å². The maximum atomic E-state index is 6.43. The summed E-state index contributed by atoms with van der Waals surface area (Å²) >= 11 is 12.9. The zero-order chi connectivity index (χ0) is 13.9. The molecule has 0 radical (unpaired) electrons. The first-order valence-electron chi connectivity index (χ1n) is 7.51. The van der Waals surface area contributed by atoms with Crippen LogP contribution in [0.5, 0.6) is 0 Å². The molecule has 1 saturated carbocycles. The number of halogens is 4. The summed E-state index contributed by atoms with van der Waals surface area (Å²) in [5.41, 5.74) is 1.09. The molecule has 3 nitrogen and oxygen atoms in total. The first-order chi connectivity index (χ1) is 9.77. The van der Waals surface area contributed by atoms with Crippen LogP contribution in [-0.4, -0.2) is 36.1 Å². The van der Waals surface area contributed by atoms with Gasteiger partial charge in [-0.05, 0) is 18.8 Å². The minimum absolute atomic E-state index is 0. The van der Waals surface area contributed by atoms with Crippen molar-refractivity contribution >= 4 is 48.0 Å². The molecule has 1 aliphatic heterocycles. The monoisotopic (exact) mass is 385 g/mol. The zero-order valence-electron chi connectivity index (χ0n) is 12.4. The summed E-state index contributed by atoms with van der Waals surface area (Å²) in [6.07, 6.45) is 8.67. The average molecular weight is 387 g/mol. The van der Waals surface area contributed by atoms with E-state index in [9.17, 15) is 0 Å². The van der Waals surface area contributed by atoms with Crippen molar-refractivity contribution in [3.05, 3.63) is 28.0 Å². The van der Waals surface area contributed by atoms with Gasteiger partial charge in [-0.3, -0.25) is 9.88 Å². The minimum Gasteiger partial charge on any atom is -0.314 e. The molecule has 1 saturated heterocycles. The second-order valence-electron chi connectivity index (χ2n) is 5.79. The normalized spacial score (nSPS) is 21.0. The first kappa shape index (κ1) is 20.3. The summed E-state index contributed by atoms with van der Waals surface area (Å²) in [6.45, 7) is 4.22. The topological polar surface area (TPSA) is 28.2 Å². The van der Waals surface area contributed by atoms with Gasteiger partial charge in [0.2, 0.25) is 0 Å². The van der Waals surface area contributed by atoms with E-state index in [0.29, 0.717) is 22.0 Å². The maximum Gasteiger partial charge on any atom is 0.0652 e. The van der Waals surface area contributed by atoms with Crippen LogP contribution in [0.1, 0.15) is 37.3 Å². The molecule has 1 aromatic rings. The van der Waals surface area contributed by atoms with Gasteiger partial charge in [0, 0.05) is 50.2 Å². The summed E-state index contributed by atoms with van der Waals surface area (Å²) in [5, 5.41) is 4.85. The predicted molar refractivity (Wildman–Crippen MR) is 97.9 cm³/mol. The molecule has 2 fully saturated rings. The van der Waals surface area contributed by atoms with Gasteiger partial charge in [-0.25, -0.2) is 0 Å². The number of piperazine rings is 1. The second kappa shape index (κ2) is 9.51. The molecule has 2 aliphatic rings. The maximum absolute atomic E-state index is 6.43. The molecular formula is C15H23Cl4N3. The molecule has 0 spiro atoms. The number of nitrogens with zero attached hydrogens (tertiary/aromatic N) is 2. The highest BCUT2D eigenvalue weighted by Crippen LogP contribution is 2.44. The Labute approximate surface area is 155 Å². The van der Waals surface area contributed by atoms with Gasteiger partial charge in [0.1, 0.15) is 0 Å². The van der Waals surface area contributed by atoms with Gasteiger partial charge in [0.05, 0.1) is 10.0 Å². The molecule has 126 valence electrons. The lowest BCUT2D eigenvalue weighted by molar-refractivity contribution is 0.125. The Morgan fingerprint density at radius 2 is 1.59 bits per heavy atom. The van der Waals surface area contributed by atoms with Crippen molar-refractivity contribution < 1.29 is 0 Å². The van der Waals surface area contributed by atoms with Crippen LogP contribution < -0.4 is 5.32 Å². The lowest BCUT2D eigenvalue weighted by Crippen LogP contribution is -2.46. The van der Waals surface area contributed by atoms with E-state index in [0.717, 1.165) is 31.7 Å². The largest absolute Gasteiger partial charge is 0.314 e. The Hall–Kier alpha value is 0.230. The van der Waals surface area contributed by atoms with E-state index >= 15 is 0 Å². The van der Waals surface area contributed by atoms with Crippen LogP contribution in [0.3, 0.4) is 0 Å². The Balaban J connectivity index is 0.00000121. The third-order valence-electron chi connectivity index (χ3n) is 4.58. The number of hydrogen-bond donors (Lipinski definition) is 1. The van der Waals surface area contributed by atoms with Crippen LogP contribution in [0.2, 0.25) is 10.0 Å². The van der Waals surface area contributed by atoms with Crippen molar-refractivity contribution in [3.63, 3.8) is 0 Å². The van der Waals surface area contributed by atoms with E-state index in [1.54, 1.807) is 12.4 Å². The third-order valence-corrected chi connectivity index (χ3v) is 5.18. The van der Waals surface area contributed by atoms with Gasteiger partial charge in [0.25, 0.3) is 0 Å². The zero-order valence-corrected chi connectivity index (χ0v) is 15.6. The minimum atomic E-state index is 0. The smallest absolute Gasteiger partial charge is 0.0652 e. The average Bonchev–Trinajstić information content (AvgIpc) is 2.98. The van der Waals surface area contributed by atoms with Crippen LogP contribution in [-0.2, 0) is 0 Å². The summed E-state index contributed by atoms with van der Waals surface area (Å²) in [5.74, 6) is 0.672. The quantitative estimate of drug-likeness (QED) is 0.835. The van der Waals surface area contributed by atoms with E-state index in [1.807, 2.05) is 0 Å². The Morgan fingerprint density at radius 3 is 2.14 bits per heavy atom. The van der Waals surface area contributed by atoms with Crippen molar-refractivity contribution in [1.82, 2.24) is 15.2 Å². The highest BCUT2D eigenvalue weighted by molar-refractivity contribution is 6.35. The Kier molecular flexibility index (Phi) is 8.76. The number of pyridine rings is 1. The van der Waals surface area contributed by atoms with Crippen molar-refractivity contribution in [1.29, 1.82) is 0 Å². The van der Waals surface area contributed by atoms with E-state index in [-0.39, 0.29) is 24.8 Å². The molecule has 2 heterocycles. The lowest BCUT2D eigenvalue weighted by Gasteiger charge is -2.39. The molecule has 7 heteroatoms. The van der Waals surface area contributed by atoms with Gasteiger partial charge in [-0.2, -0.15) is 0 Å². The molecule has 0 aromatic carbocycles. The van der Waals surface area contributed by atoms with E-state index in [4.69, 9.17) is 23.2 Å². The summed E-state index contributed by atoms with van der Waals surface area (Å²) < 4.78 is 0. The molecule has 22 heavy (non-hydrogen) atoms. The molecule has 1 atom stereocenters. The molecule has 1 aromatic heterocycles. The van der Waals surface area contributed by atoms with Crippen molar-refractivity contribution in [2.75, 3.05) is 26.2 Å². The van der Waals surface area contributed by atoms with Gasteiger partial charge >= 0.3 is 0 Å². The van der Waals surface area contributed by atoms with Crippen LogP contribution in [0.25, 0.3) is 0 Å². The van der Waals surface area contributed by atoms with Gasteiger partial charge in [-0.15, -0.1) is 24.8 Å².